The standard InChI is InChI=1S/C26H33N3O3/c1-17-4-3-5-19-14-22-23(24(30)26(17,19)2)21(25(31)32-22)16-28-10-12-29(13-11-28)20-8-6-18(15-27)7-9-20/h5-9,17,21-24,30H,3-4,10-14,16H2,1-2H3/t17-,21?,22-,23-,24+,26-/m1/s1. The molecule has 0 aromatic heterocycles. The van der Waals surface area contributed by atoms with Crippen LogP contribution in [0.15, 0.2) is 35.9 Å². The van der Waals surface area contributed by atoms with Crippen molar-refractivity contribution in [1.82, 2.24) is 4.90 Å². The Hall–Kier alpha value is -2.36. The van der Waals surface area contributed by atoms with Crippen LogP contribution in [0.1, 0.15) is 38.7 Å². The summed E-state index contributed by atoms with van der Waals surface area (Å²) in [5, 5.41) is 20.5. The maximum absolute atomic E-state index is 12.9. The van der Waals surface area contributed by atoms with Crippen LogP contribution < -0.4 is 4.90 Å². The Morgan fingerprint density at radius 3 is 2.62 bits per heavy atom. The SMILES string of the molecule is C[C@@H]1CCC=C2C[C@H]3OC(=O)C(CN4CCN(c5ccc(C#N)cc5)CC4)[C@H]3[C@H](O)[C@@]21C. The number of anilines is 1. The number of carbonyl (C=O) groups is 1. The third-order valence-electron chi connectivity index (χ3n) is 8.76. The number of fused-ring (bicyclic) bond motifs is 2. The van der Waals surface area contributed by atoms with Gasteiger partial charge in [-0.3, -0.25) is 9.69 Å². The highest BCUT2D eigenvalue weighted by Gasteiger charge is 2.59. The van der Waals surface area contributed by atoms with Crippen LogP contribution in [0.2, 0.25) is 0 Å². The fourth-order valence-electron chi connectivity index (χ4n) is 6.49. The van der Waals surface area contributed by atoms with Gasteiger partial charge in [-0.1, -0.05) is 25.5 Å². The van der Waals surface area contributed by atoms with E-state index in [2.05, 4.69) is 35.8 Å². The van der Waals surface area contributed by atoms with E-state index in [0.29, 0.717) is 18.0 Å². The molecule has 2 aliphatic heterocycles. The van der Waals surface area contributed by atoms with Crippen LogP contribution in [0.5, 0.6) is 0 Å². The number of esters is 1. The molecule has 6 atom stereocenters. The normalized spacial score (nSPS) is 37.2. The third kappa shape index (κ3) is 3.43. The number of aliphatic hydroxyl groups excluding tert-OH is 1. The van der Waals surface area contributed by atoms with Gasteiger partial charge in [0.05, 0.1) is 23.7 Å². The van der Waals surface area contributed by atoms with Gasteiger partial charge in [-0.05, 0) is 43.0 Å². The highest BCUT2D eigenvalue weighted by molar-refractivity contribution is 5.76. The van der Waals surface area contributed by atoms with Gasteiger partial charge in [-0.2, -0.15) is 5.26 Å². The first-order valence-corrected chi connectivity index (χ1v) is 12.0. The highest BCUT2D eigenvalue weighted by atomic mass is 16.6. The minimum atomic E-state index is -0.542. The van der Waals surface area contributed by atoms with Gasteiger partial charge in [0.15, 0.2) is 0 Å². The van der Waals surface area contributed by atoms with Crippen LogP contribution in [-0.2, 0) is 9.53 Å². The molecule has 3 fully saturated rings. The van der Waals surface area contributed by atoms with Crippen molar-refractivity contribution in [2.24, 2.45) is 23.2 Å². The molecule has 1 aromatic carbocycles. The molecule has 4 aliphatic rings. The van der Waals surface area contributed by atoms with Crippen molar-refractivity contribution in [3.8, 4) is 6.07 Å². The second kappa shape index (κ2) is 8.20. The molecule has 6 nitrogen and oxygen atoms in total. The molecule has 5 rings (SSSR count). The third-order valence-corrected chi connectivity index (χ3v) is 8.76. The van der Waals surface area contributed by atoms with Crippen molar-refractivity contribution in [3.05, 3.63) is 41.5 Å². The number of carbonyl (C=O) groups excluding carboxylic acids is 1. The fourth-order valence-corrected chi connectivity index (χ4v) is 6.49. The first-order valence-electron chi connectivity index (χ1n) is 12.0. The summed E-state index contributed by atoms with van der Waals surface area (Å²) in [7, 11) is 0. The summed E-state index contributed by atoms with van der Waals surface area (Å²) in [6.45, 7) is 8.59. The number of piperazine rings is 1. The topological polar surface area (TPSA) is 76.8 Å². The lowest BCUT2D eigenvalue weighted by Crippen LogP contribution is -2.55. The van der Waals surface area contributed by atoms with Crippen molar-refractivity contribution in [2.75, 3.05) is 37.6 Å². The Balaban J connectivity index is 1.26. The Bertz CT molecular complexity index is 944. The van der Waals surface area contributed by atoms with E-state index < -0.39 is 6.10 Å². The second-order valence-electron chi connectivity index (χ2n) is 10.2. The molecule has 1 saturated carbocycles. The summed E-state index contributed by atoms with van der Waals surface area (Å²) < 4.78 is 5.83. The highest BCUT2D eigenvalue weighted by Crippen LogP contribution is 2.56. The smallest absolute Gasteiger partial charge is 0.311 e. The van der Waals surface area contributed by atoms with Gasteiger partial charge in [0, 0.05) is 56.2 Å². The van der Waals surface area contributed by atoms with Gasteiger partial charge < -0.3 is 14.7 Å². The summed E-state index contributed by atoms with van der Waals surface area (Å²) in [5.41, 5.74) is 2.84. The number of hydrogen-bond donors (Lipinski definition) is 1. The van der Waals surface area contributed by atoms with Crippen LogP contribution in [0, 0.1) is 34.5 Å². The largest absolute Gasteiger partial charge is 0.461 e. The maximum atomic E-state index is 12.9. The minimum absolute atomic E-state index is 0.123. The van der Waals surface area contributed by atoms with Gasteiger partial charge in [0.2, 0.25) is 0 Å². The zero-order chi connectivity index (χ0) is 22.5. The molecule has 1 aromatic rings. The zero-order valence-corrected chi connectivity index (χ0v) is 19.0. The maximum Gasteiger partial charge on any atom is 0.311 e. The van der Waals surface area contributed by atoms with Crippen molar-refractivity contribution >= 4 is 11.7 Å². The average molecular weight is 436 g/mol. The second-order valence-corrected chi connectivity index (χ2v) is 10.2. The number of hydrogen-bond acceptors (Lipinski definition) is 6. The lowest BCUT2D eigenvalue weighted by Gasteiger charge is -2.52. The van der Waals surface area contributed by atoms with E-state index in [1.807, 2.05) is 24.3 Å². The Labute approximate surface area is 190 Å². The van der Waals surface area contributed by atoms with E-state index in [1.54, 1.807) is 0 Å². The lowest BCUT2D eigenvalue weighted by atomic mass is 9.55. The summed E-state index contributed by atoms with van der Waals surface area (Å²) in [4.78, 5) is 17.6. The number of aliphatic hydroxyl groups is 1. The molecular formula is C26H33N3O3. The predicted octanol–water partition coefficient (Wildman–Crippen LogP) is 2.97. The monoisotopic (exact) mass is 435 g/mol. The minimum Gasteiger partial charge on any atom is -0.461 e. The van der Waals surface area contributed by atoms with E-state index >= 15 is 0 Å². The van der Waals surface area contributed by atoms with E-state index in [4.69, 9.17) is 10.00 Å². The fraction of sp³-hybridized carbons (Fsp3) is 0.615. The average Bonchev–Trinajstić information content (AvgIpc) is 3.11. The van der Waals surface area contributed by atoms with Crippen molar-refractivity contribution in [2.45, 2.75) is 45.3 Å². The Morgan fingerprint density at radius 1 is 1.22 bits per heavy atom. The Kier molecular flexibility index (Phi) is 5.51. The summed E-state index contributed by atoms with van der Waals surface area (Å²) >= 11 is 0. The number of benzene rings is 1. The molecule has 0 bridgehead atoms. The molecule has 0 radical (unpaired) electrons. The molecule has 0 amide bonds. The molecule has 2 saturated heterocycles. The van der Waals surface area contributed by atoms with Gasteiger partial charge in [-0.25, -0.2) is 0 Å². The molecular weight excluding hydrogens is 402 g/mol. The number of allylic oxidation sites excluding steroid dienone is 1. The first-order chi connectivity index (χ1) is 15.4. The van der Waals surface area contributed by atoms with Crippen LogP contribution in [0.4, 0.5) is 5.69 Å². The van der Waals surface area contributed by atoms with Gasteiger partial charge in [0.1, 0.15) is 6.10 Å². The van der Waals surface area contributed by atoms with E-state index in [9.17, 15) is 9.90 Å². The zero-order valence-electron chi connectivity index (χ0n) is 19.0. The van der Waals surface area contributed by atoms with Gasteiger partial charge >= 0.3 is 5.97 Å². The number of rotatable bonds is 3. The number of nitrogens with zero attached hydrogens (tertiary/aromatic N) is 3. The van der Waals surface area contributed by atoms with E-state index in [0.717, 1.165) is 51.1 Å². The van der Waals surface area contributed by atoms with E-state index in [1.165, 1.54) is 5.57 Å². The van der Waals surface area contributed by atoms with Gasteiger partial charge in [0.25, 0.3) is 0 Å². The predicted molar refractivity (Wildman–Crippen MR) is 122 cm³/mol. The molecule has 6 heteroatoms. The molecule has 0 spiro atoms. The van der Waals surface area contributed by atoms with Crippen molar-refractivity contribution in [3.63, 3.8) is 0 Å². The molecule has 1 N–H and O–H groups in total. The summed E-state index contributed by atoms with van der Waals surface area (Å²) in [5.74, 6) is -0.111. The summed E-state index contributed by atoms with van der Waals surface area (Å²) in [6, 6.07) is 9.88. The number of nitriles is 1. The molecule has 170 valence electrons. The van der Waals surface area contributed by atoms with Gasteiger partial charge in [-0.15, -0.1) is 0 Å². The van der Waals surface area contributed by atoms with Crippen molar-refractivity contribution in [1.29, 1.82) is 5.26 Å². The number of ether oxygens (including phenoxy) is 1. The molecule has 1 unspecified atom stereocenters. The molecule has 2 aliphatic carbocycles. The quantitative estimate of drug-likeness (QED) is 0.581. The first kappa shape index (κ1) is 21.5. The van der Waals surface area contributed by atoms with Crippen molar-refractivity contribution < 1.29 is 14.6 Å². The van der Waals surface area contributed by atoms with Crippen LogP contribution >= 0.6 is 0 Å². The van der Waals surface area contributed by atoms with Crippen LogP contribution in [0.3, 0.4) is 0 Å². The van der Waals surface area contributed by atoms with Crippen LogP contribution in [-0.4, -0.2) is 60.9 Å². The summed E-state index contributed by atoms with van der Waals surface area (Å²) in [6.07, 6.45) is 4.47. The van der Waals surface area contributed by atoms with Crippen LogP contribution in [0.25, 0.3) is 0 Å². The molecule has 2 heterocycles. The molecule has 32 heavy (non-hydrogen) atoms. The lowest BCUT2D eigenvalue weighted by molar-refractivity contribution is -0.145. The Morgan fingerprint density at radius 2 is 1.94 bits per heavy atom. The van der Waals surface area contributed by atoms with E-state index in [-0.39, 0.29) is 29.3 Å².